The van der Waals surface area contributed by atoms with Crippen molar-refractivity contribution in [2.45, 2.75) is 17.7 Å². The monoisotopic (exact) mass is 230 g/mol. The van der Waals surface area contributed by atoms with Gasteiger partial charge in [-0.05, 0) is 37.3 Å². The maximum atomic E-state index is 5.44. The molecule has 0 saturated heterocycles. The van der Waals surface area contributed by atoms with Crippen molar-refractivity contribution in [3.63, 3.8) is 0 Å². The third-order valence-electron chi connectivity index (χ3n) is 1.55. The molecule has 4 heteroatoms. The molecule has 14 heavy (non-hydrogen) atoms. The summed E-state index contributed by atoms with van der Waals surface area (Å²) in [6.07, 6.45) is 2.27. The predicted octanol–water partition coefficient (Wildman–Crippen LogP) is 2.21. The summed E-state index contributed by atoms with van der Waals surface area (Å²) >= 11 is 8.07. The van der Waals surface area contributed by atoms with Crippen LogP contribution in [0, 0.1) is 0 Å². The third-order valence-corrected chi connectivity index (χ3v) is 2.27. The Morgan fingerprint density at radius 2 is 1.79 bits per heavy atom. The van der Waals surface area contributed by atoms with E-state index in [2.05, 4.69) is 25.3 Å². The van der Waals surface area contributed by atoms with Gasteiger partial charge in [-0.25, -0.2) is 0 Å². The fourth-order valence-corrected chi connectivity index (χ4v) is 1.13. The average molecular weight is 230 g/mol. The molecule has 0 fully saturated rings. The van der Waals surface area contributed by atoms with Crippen molar-refractivity contribution in [1.29, 1.82) is 0 Å². The van der Waals surface area contributed by atoms with Crippen molar-refractivity contribution in [2.75, 3.05) is 18.0 Å². The number of hydrogen-bond donors (Lipinski definition) is 4. The third kappa shape index (κ3) is 7.12. The molecule has 1 aromatic carbocycles. The summed E-state index contributed by atoms with van der Waals surface area (Å²) in [6, 6.07) is 7.47. The molecular weight excluding hydrogens is 212 g/mol. The highest BCUT2D eigenvalue weighted by Gasteiger charge is 1.85. The fraction of sp³-hybridized carbons (Fsp3) is 0.400. The molecule has 80 valence electrons. The highest BCUT2D eigenvalue weighted by molar-refractivity contribution is 7.80. The van der Waals surface area contributed by atoms with Crippen LogP contribution in [0.5, 0.6) is 0 Å². The van der Waals surface area contributed by atoms with Gasteiger partial charge in [0.25, 0.3) is 0 Å². The Morgan fingerprint density at radius 1 is 1.14 bits per heavy atom. The van der Waals surface area contributed by atoms with Gasteiger partial charge in [-0.2, -0.15) is 12.6 Å². The van der Waals surface area contributed by atoms with Gasteiger partial charge in [-0.15, -0.1) is 12.6 Å². The van der Waals surface area contributed by atoms with E-state index in [9.17, 15) is 0 Å². The number of nitrogen functional groups attached to an aromatic ring is 1. The average Bonchev–Trinajstić information content (AvgIpc) is 2.20. The smallest absolute Gasteiger partial charge is 0.0449 e. The lowest BCUT2D eigenvalue weighted by Gasteiger charge is -1.92. The second kappa shape index (κ2) is 9.24. The van der Waals surface area contributed by atoms with Crippen LogP contribution in [0.3, 0.4) is 0 Å². The van der Waals surface area contributed by atoms with Crippen molar-refractivity contribution in [3.05, 3.63) is 24.3 Å². The minimum Gasteiger partial charge on any atom is -0.398 e. The van der Waals surface area contributed by atoms with Crippen molar-refractivity contribution >= 4 is 30.9 Å². The van der Waals surface area contributed by atoms with E-state index in [1.807, 2.05) is 24.3 Å². The number of anilines is 1. The Hall–Kier alpha value is -0.320. The van der Waals surface area contributed by atoms with Crippen LogP contribution in [0.4, 0.5) is 5.69 Å². The van der Waals surface area contributed by atoms with Gasteiger partial charge in [0, 0.05) is 10.6 Å². The minimum absolute atomic E-state index is 0.732. The molecule has 0 heterocycles. The molecule has 0 amide bonds. The van der Waals surface area contributed by atoms with Crippen LogP contribution in [0.2, 0.25) is 0 Å². The van der Waals surface area contributed by atoms with E-state index in [0.717, 1.165) is 35.7 Å². The topological polar surface area (TPSA) is 52.0 Å². The predicted molar refractivity (Wildman–Crippen MR) is 70.2 cm³/mol. The van der Waals surface area contributed by atoms with Gasteiger partial charge in [0.05, 0.1) is 0 Å². The molecule has 0 radical (unpaired) electrons. The van der Waals surface area contributed by atoms with Crippen LogP contribution < -0.4 is 11.5 Å². The van der Waals surface area contributed by atoms with Crippen LogP contribution in [-0.4, -0.2) is 12.3 Å². The molecule has 0 atom stereocenters. The van der Waals surface area contributed by atoms with Crippen molar-refractivity contribution in [3.8, 4) is 0 Å². The SMILES string of the molecule is NCCCCS.Nc1ccccc1S. The van der Waals surface area contributed by atoms with Crippen molar-refractivity contribution in [1.82, 2.24) is 0 Å². The minimum atomic E-state index is 0.732. The Morgan fingerprint density at radius 3 is 2.07 bits per heavy atom. The van der Waals surface area contributed by atoms with Crippen molar-refractivity contribution in [2.24, 2.45) is 5.73 Å². The lowest BCUT2D eigenvalue weighted by Crippen LogP contribution is -1.97. The molecule has 0 aromatic heterocycles. The number of thiol groups is 2. The first-order valence-electron chi connectivity index (χ1n) is 4.56. The lowest BCUT2D eigenvalue weighted by molar-refractivity contribution is 0.816. The molecule has 0 unspecified atom stereocenters. The van der Waals surface area contributed by atoms with Gasteiger partial charge in [-0.1, -0.05) is 12.1 Å². The van der Waals surface area contributed by atoms with E-state index < -0.39 is 0 Å². The molecule has 0 bridgehead atoms. The molecule has 0 saturated carbocycles. The first kappa shape index (κ1) is 13.7. The first-order chi connectivity index (χ1) is 6.72. The molecule has 0 aliphatic carbocycles. The lowest BCUT2D eigenvalue weighted by atomic mass is 10.3. The fourth-order valence-electron chi connectivity index (χ4n) is 0.744. The van der Waals surface area contributed by atoms with E-state index >= 15 is 0 Å². The summed E-state index contributed by atoms with van der Waals surface area (Å²) in [6.45, 7) is 0.806. The number of para-hydroxylation sites is 1. The van der Waals surface area contributed by atoms with Gasteiger partial charge in [0.2, 0.25) is 0 Å². The Balaban J connectivity index is 0.000000255. The molecule has 2 nitrogen and oxygen atoms in total. The normalized spacial score (nSPS) is 9.07. The van der Waals surface area contributed by atoms with Gasteiger partial charge in [0.1, 0.15) is 0 Å². The van der Waals surface area contributed by atoms with Crippen LogP contribution in [0.25, 0.3) is 0 Å². The van der Waals surface area contributed by atoms with E-state index in [4.69, 9.17) is 11.5 Å². The van der Waals surface area contributed by atoms with Gasteiger partial charge < -0.3 is 11.5 Å². The number of hydrogen-bond acceptors (Lipinski definition) is 4. The van der Waals surface area contributed by atoms with E-state index in [1.54, 1.807) is 0 Å². The second-order valence-electron chi connectivity index (χ2n) is 2.78. The summed E-state index contributed by atoms with van der Waals surface area (Å²) in [7, 11) is 0. The number of benzene rings is 1. The summed E-state index contributed by atoms with van der Waals surface area (Å²) in [4.78, 5) is 0.840. The molecule has 0 aliphatic heterocycles. The maximum Gasteiger partial charge on any atom is 0.0449 e. The first-order valence-corrected chi connectivity index (χ1v) is 5.64. The molecule has 1 aromatic rings. The number of rotatable bonds is 3. The summed E-state index contributed by atoms with van der Waals surface area (Å²) in [5.41, 5.74) is 11.4. The number of nitrogens with two attached hydrogens (primary N) is 2. The van der Waals surface area contributed by atoms with E-state index in [1.165, 1.54) is 0 Å². The van der Waals surface area contributed by atoms with Gasteiger partial charge in [-0.3, -0.25) is 0 Å². The standard InChI is InChI=1S/C6H7NS.C4H11NS/c7-5-3-1-2-4-6(5)8;5-3-1-2-4-6/h1-4,8H,7H2;6H,1-5H2. The highest BCUT2D eigenvalue weighted by atomic mass is 32.1. The molecule has 0 spiro atoms. The Bertz CT molecular complexity index is 216. The molecule has 0 aliphatic rings. The van der Waals surface area contributed by atoms with E-state index in [-0.39, 0.29) is 0 Å². The summed E-state index contributed by atoms with van der Waals surface area (Å²) < 4.78 is 0. The van der Waals surface area contributed by atoms with Crippen LogP contribution in [0.15, 0.2) is 29.2 Å². The summed E-state index contributed by atoms with van der Waals surface area (Å²) in [5.74, 6) is 0.969. The maximum absolute atomic E-state index is 5.44. The van der Waals surface area contributed by atoms with Crippen LogP contribution in [-0.2, 0) is 0 Å². The molecule has 1 rings (SSSR count). The van der Waals surface area contributed by atoms with Gasteiger partial charge >= 0.3 is 0 Å². The second-order valence-corrected chi connectivity index (χ2v) is 3.71. The highest BCUT2D eigenvalue weighted by Crippen LogP contribution is 2.13. The Labute approximate surface area is 96.9 Å². The van der Waals surface area contributed by atoms with Crippen molar-refractivity contribution < 1.29 is 0 Å². The quantitative estimate of drug-likeness (QED) is 0.366. The largest absolute Gasteiger partial charge is 0.398 e. The zero-order valence-corrected chi connectivity index (χ0v) is 9.98. The van der Waals surface area contributed by atoms with Gasteiger partial charge in [0.15, 0.2) is 0 Å². The summed E-state index contributed by atoms with van der Waals surface area (Å²) in [5, 5.41) is 0. The van der Waals surface area contributed by atoms with E-state index in [0.29, 0.717) is 0 Å². The molecular formula is C10H18N2S2. The van der Waals surface area contributed by atoms with Crippen LogP contribution >= 0.6 is 25.3 Å². The number of unbranched alkanes of at least 4 members (excludes halogenated alkanes) is 1. The Kier molecular flexibility index (Phi) is 9.03. The molecule has 4 N–H and O–H groups in total. The zero-order chi connectivity index (χ0) is 10.8. The zero-order valence-electron chi connectivity index (χ0n) is 8.19. The van der Waals surface area contributed by atoms with Crippen LogP contribution in [0.1, 0.15) is 12.8 Å².